The van der Waals surface area contributed by atoms with Crippen molar-refractivity contribution in [2.24, 2.45) is 5.92 Å². The number of hydrogen-bond acceptors (Lipinski definition) is 6. The van der Waals surface area contributed by atoms with E-state index in [2.05, 4.69) is 4.98 Å². The highest BCUT2D eigenvalue weighted by molar-refractivity contribution is 8.03. The zero-order valence-electron chi connectivity index (χ0n) is 17.1. The Balaban J connectivity index is 2.09. The van der Waals surface area contributed by atoms with E-state index in [-0.39, 0.29) is 18.7 Å². The fraction of sp³-hybridized carbons (Fsp3) is 0.524. The molecule has 0 saturated heterocycles. The molecule has 2 unspecified atom stereocenters. The number of rotatable bonds is 11. The van der Waals surface area contributed by atoms with Gasteiger partial charge < -0.3 is 14.0 Å². The van der Waals surface area contributed by atoms with Gasteiger partial charge in [-0.2, -0.15) is 0 Å². The van der Waals surface area contributed by atoms with Gasteiger partial charge in [-0.15, -0.1) is 0 Å². The topological polar surface area (TPSA) is 65.5 Å². The minimum Gasteiger partial charge on any atom is -0.464 e. The number of ether oxygens (including phenoxy) is 2. The average molecular weight is 424 g/mol. The maximum absolute atomic E-state index is 12.9. The van der Waals surface area contributed by atoms with Crippen molar-refractivity contribution >= 4 is 36.4 Å². The molecule has 154 valence electrons. The van der Waals surface area contributed by atoms with Crippen LogP contribution < -0.4 is 0 Å². The molecule has 0 N–H and O–H groups in total. The highest BCUT2D eigenvalue weighted by Crippen LogP contribution is 2.38. The molecule has 0 aliphatic heterocycles. The molecule has 1 heterocycles. The van der Waals surface area contributed by atoms with Crippen molar-refractivity contribution in [2.75, 3.05) is 24.9 Å². The Bertz CT molecular complexity index is 814. The molecule has 2 rings (SSSR count). The highest BCUT2D eigenvalue weighted by atomic mass is 32.2. The Morgan fingerprint density at radius 1 is 1.18 bits per heavy atom. The van der Waals surface area contributed by atoms with Gasteiger partial charge in [0.1, 0.15) is 0 Å². The van der Waals surface area contributed by atoms with Gasteiger partial charge in [0.15, 0.2) is 5.60 Å². The second kappa shape index (κ2) is 11.0. The second-order valence-corrected chi connectivity index (χ2v) is 10.4. The Morgan fingerprint density at radius 2 is 1.93 bits per heavy atom. The molecular weight excluding hydrogens is 393 g/mol. The van der Waals surface area contributed by atoms with Crippen LogP contribution in [0, 0.1) is 5.92 Å². The largest absolute Gasteiger partial charge is 0.464 e. The molecule has 0 saturated carbocycles. The zero-order valence-corrected chi connectivity index (χ0v) is 18.9. The van der Waals surface area contributed by atoms with Crippen molar-refractivity contribution in [3.63, 3.8) is 0 Å². The van der Waals surface area contributed by atoms with Crippen LogP contribution in [0.3, 0.4) is 0 Å². The zero-order chi connectivity index (χ0) is 20.6. The molecule has 0 aliphatic carbocycles. The Kier molecular flexibility index (Phi) is 9.00. The number of esters is 1. The molecule has 2 aromatic rings. The average Bonchev–Trinajstić information content (AvgIpc) is 2.66. The van der Waals surface area contributed by atoms with E-state index in [1.54, 1.807) is 6.92 Å². The van der Waals surface area contributed by atoms with Crippen LogP contribution >= 0.6 is 19.6 Å². The molecule has 7 heteroatoms. The van der Waals surface area contributed by atoms with Gasteiger partial charge in [-0.25, -0.2) is 9.78 Å². The quantitative estimate of drug-likeness (QED) is 0.280. The highest BCUT2D eigenvalue weighted by Gasteiger charge is 2.42. The van der Waals surface area contributed by atoms with Crippen LogP contribution in [0.1, 0.15) is 34.1 Å². The fourth-order valence-corrected chi connectivity index (χ4v) is 6.25. The van der Waals surface area contributed by atoms with E-state index in [1.165, 1.54) is 11.8 Å². The number of carbonyl (C=O) groups is 1. The van der Waals surface area contributed by atoms with Crippen molar-refractivity contribution in [3.8, 4) is 0 Å². The smallest absolute Gasteiger partial charge is 0.338 e. The lowest BCUT2D eigenvalue weighted by atomic mass is 9.94. The maximum Gasteiger partial charge on any atom is 0.338 e. The molecule has 1 aromatic heterocycles. The number of pyridine rings is 1. The molecule has 2 atom stereocenters. The third-order valence-electron chi connectivity index (χ3n) is 4.24. The SMILES string of the molecule is CCOC(=O)C(CC(C)C)(C[PH](=O)CSc1ccc2ccccc2n1)OCC. The van der Waals surface area contributed by atoms with Gasteiger partial charge in [0.2, 0.25) is 0 Å². The fourth-order valence-electron chi connectivity index (χ4n) is 3.25. The van der Waals surface area contributed by atoms with Crippen LogP contribution in [0.5, 0.6) is 0 Å². The summed E-state index contributed by atoms with van der Waals surface area (Å²) in [6.07, 6.45) is 0.693. The number of aromatic nitrogens is 1. The van der Waals surface area contributed by atoms with Gasteiger partial charge in [-0.1, -0.05) is 49.9 Å². The van der Waals surface area contributed by atoms with Crippen molar-refractivity contribution < 1.29 is 18.8 Å². The third-order valence-corrected chi connectivity index (χ3v) is 7.60. The number of nitrogens with zero attached hydrogens (tertiary/aromatic N) is 1. The van der Waals surface area contributed by atoms with Gasteiger partial charge in [0.25, 0.3) is 0 Å². The molecular formula is C21H30NO4PS. The number of carbonyl (C=O) groups excluding carboxylic acids is 1. The molecule has 28 heavy (non-hydrogen) atoms. The predicted molar refractivity (Wildman–Crippen MR) is 117 cm³/mol. The number of para-hydroxylation sites is 1. The van der Waals surface area contributed by atoms with E-state index < -0.39 is 19.4 Å². The first kappa shape index (κ1) is 22.9. The summed E-state index contributed by atoms with van der Waals surface area (Å²) in [5.74, 6) is -0.182. The number of hydrogen-bond donors (Lipinski definition) is 0. The first-order valence-corrected chi connectivity index (χ1v) is 12.5. The first-order chi connectivity index (χ1) is 13.4. The van der Waals surface area contributed by atoms with Gasteiger partial charge in [0.05, 0.1) is 30.4 Å². The van der Waals surface area contributed by atoms with Gasteiger partial charge >= 0.3 is 5.97 Å². The molecule has 0 bridgehead atoms. The third kappa shape index (κ3) is 6.33. The van der Waals surface area contributed by atoms with E-state index in [1.807, 2.05) is 57.2 Å². The minimum absolute atomic E-state index is 0.198. The van der Waals surface area contributed by atoms with E-state index in [4.69, 9.17) is 9.47 Å². The second-order valence-electron chi connectivity index (χ2n) is 7.09. The maximum atomic E-state index is 12.9. The van der Waals surface area contributed by atoms with Gasteiger partial charge in [-0.3, -0.25) is 0 Å². The van der Waals surface area contributed by atoms with Gasteiger partial charge in [0, 0.05) is 18.2 Å². The Labute approximate surface area is 172 Å². The monoisotopic (exact) mass is 423 g/mol. The van der Waals surface area contributed by atoms with E-state index in [0.29, 0.717) is 18.5 Å². The van der Waals surface area contributed by atoms with Crippen LogP contribution in [-0.4, -0.2) is 41.4 Å². The molecule has 0 spiro atoms. The summed E-state index contributed by atoms with van der Waals surface area (Å²) in [6, 6.07) is 11.9. The predicted octanol–water partition coefficient (Wildman–Crippen LogP) is 5.23. The summed E-state index contributed by atoms with van der Waals surface area (Å²) in [7, 11) is -2.08. The molecule has 1 aromatic carbocycles. The van der Waals surface area contributed by atoms with Crippen LogP contribution in [-0.2, 0) is 18.8 Å². The van der Waals surface area contributed by atoms with E-state index in [0.717, 1.165) is 15.9 Å². The molecule has 0 radical (unpaired) electrons. The van der Waals surface area contributed by atoms with E-state index in [9.17, 15) is 9.36 Å². The summed E-state index contributed by atoms with van der Waals surface area (Å²) in [5, 5.41) is 1.91. The molecule has 5 nitrogen and oxygen atoms in total. The lowest BCUT2D eigenvalue weighted by molar-refractivity contribution is -0.171. The summed E-state index contributed by atoms with van der Waals surface area (Å²) < 4.78 is 24.0. The summed E-state index contributed by atoms with van der Waals surface area (Å²) in [4.78, 5) is 17.3. The van der Waals surface area contributed by atoms with Crippen LogP contribution in [0.4, 0.5) is 0 Å². The lowest BCUT2D eigenvalue weighted by Crippen LogP contribution is -2.46. The standard InChI is InChI=1S/C21H30NO4PS/c1-5-25-20(23)21(26-6-2,13-16(3)4)14-27(24)15-28-19-12-11-17-9-7-8-10-18(17)22-19/h7-12,16,27H,5-6,13-15H2,1-4H3. The Hall–Kier alpha value is -1.36. The minimum atomic E-state index is -2.08. The normalized spacial score (nSPS) is 14.8. The van der Waals surface area contributed by atoms with E-state index >= 15 is 0 Å². The molecule has 0 amide bonds. The van der Waals surface area contributed by atoms with Crippen molar-refractivity contribution in [3.05, 3.63) is 36.4 Å². The molecule has 0 fully saturated rings. The molecule has 0 aliphatic rings. The van der Waals surface area contributed by atoms with Crippen molar-refractivity contribution in [1.82, 2.24) is 4.98 Å². The van der Waals surface area contributed by atoms with Gasteiger partial charge in [-0.05, 0) is 38.3 Å². The summed E-state index contributed by atoms with van der Waals surface area (Å²) in [5.41, 5.74) is 0.205. The summed E-state index contributed by atoms with van der Waals surface area (Å²) >= 11 is 1.46. The van der Waals surface area contributed by atoms with Crippen molar-refractivity contribution in [2.45, 2.75) is 44.7 Å². The van der Waals surface area contributed by atoms with Crippen LogP contribution in [0.15, 0.2) is 41.4 Å². The summed E-state index contributed by atoms with van der Waals surface area (Å²) in [6.45, 7) is 8.33. The van der Waals surface area contributed by atoms with Crippen LogP contribution in [0.25, 0.3) is 10.9 Å². The number of thioether (sulfide) groups is 1. The van der Waals surface area contributed by atoms with Crippen LogP contribution in [0.2, 0.25) is 0 Å². The number of fused-ring (bicyclic) bond motifs is 1. The Morgan fingerprint density at radius 3 is 2.61 bits per heavy atom. The first-order valence-electron chi connectivity index (χ1n) is 9.71. The van der Waals surface area contributed by atoms with Crippen molar-refractivity contribution in [1.29, 1.82) is 0 Å². The lowest BCUT2D eigenvalue weighted by Gasteiger charge is -2.32. The number of benzene rings is 1.